The Balaban J connectivity index is 1.93. The Kier molecular flexibility index (Phi) is 4.92. The quantitative estimate of drug-likeness (QED) is 0.454. The summed E-state index contributed by atoms with van der Waals surface area (Å²) >= 11 is 0. The average Bonchev–Trinajstić information content (AvgIpc) is 2.47. The molecule has 2 aromatic carbocycles. The van der Waals surface area contributed by atoms with E-state index in [-0.39, 0.29) is 12.2 Å². The molecule has 0 saturated heterocycles. The van der Waals surface area contributed by atoms with Gasteiger partial charge in [-0.05, 0) is 29.3 Å². The van der Waals surface area contributed by atoms with Crippen molar-refractivity contribution < 1.29 is 22.4 Å². The highest BCUT2D eigenvalue weighted by Crippen LogP contribution is 2.18. The van der Waals surface area contributed by atoms with Crippen molar-refractivity contribution in [1.29, 1.82) is 0 Å². The van der Waals surface area contributed by atoms with Crippen molar-refractivity contribution >= 4 is 6.21 Å². The van der Waals surface area contributed by atoms with Crippen LogP contribution in [0, 0.1) is 11.6 Å². The van der Waals surface area contributed by atoms with Gasteiger partial charge in [0.05, 0.1) is 6.21 Å². The Morgan fingerprint density at radius 3 is 2.57 bits per heavy atom. The second-order valence-corrected chi connectivity index (χ2v) is 4.23. The Labute approximate surface area is 118 Å². The Hall–Kier alpha value is -2.37. The third-order valence-electron chi connectivity index (χ3n) is 2.65. The first-order chi connectivity index (χ1) is 10.1. The van der Waals surface area contributed by atoms with Crippen molar-refractivity contribution in [2.24, 2.45) is 5.16 Å². The molecule has 0 saturated carbocycles. The maximum absolute atomic E-state index is 12.9. The minimum absolute atomic E-state index is 0.0533. The average molecular weight is 297 g/mol. The lowest BCUT2D eigenvalue weighted by Crippen LogP contribution is -1.92. The lowest BCUT2D eigenvalue weighted by Gasteiger charge is -2.02. The fourth-order valence-corrected chi connectivity index (χ4v) is 1.61. The molecular weight excluding hydrogens is 286 g/mol. The van der Waals surface area contributed by atoms with E-state index in [2.05, 4.69) is 5.16 Å². The number of nitrogens with zero attached hydrogens (tertiary/aromatic N) is 1. The van der Waals surface area contributed by atoms with Crippen LogP contribution in [0.4, 0.5) is 17.6 Å². The smallest absolute Gasteiger partial charge is 0.263 e. The van der Waals surface area contributed by atoms with Crippen molar-refractivity contribution in [3.8, 4) is 0 Å². The molecule has 2 nitrogen and oxygen atoms in total. The fourth-order valence-electron chi connectivity index (χ4n) is 1.61. The van der Waals surface area contributed by atoms with Gasteiger partial charge in [0.15, 0.2) is 11.6 Å². The summed E-state index contributed by atoms with van der Waals surface area (Å²) in [6.07, 6.45) is -1.28. The lowest BCUT2D eigenvalue weighted by molar-refractivity contribution is 0.132. The van der Waals surface area contributed by atoms with Crippen molar-refractivity contribution in [3.63, 3.8) is 0 Å². The zero-order chi connectivity index (χ0) is 15.2. The third-order valence-corrected chi connectivity index (χ3v) is 2.65. The molecule has 0 N–H and O–H groups in total. The molecule has 6 heteroatoms. The van der Waals surface area contributed by atoms with Crippen LogP contribution in [-0.4, -0.2) is 6.21 Å². The molecule has 21 heavy (non-hydrogen) atoms. The van der Waals surface area contributed by atoms with E-state index in [0.717, 1.165) is 12.1 Å². The van der Waals surface area contributed by atoms with Gasteiger partial charge in [0.2, 0.25) is 0 Å². The summed E-state index contributed by atoms with van der Waals surface area (Å²) in [4.78, 5) is 4.91. The molecular formula is C15H11F4NO. The van der Waals surface area contributed by atoms with Crippen LogP contribution >= 0.6 is 0 Å². The van der Waals surface area contributed by atoms with Crippen LogP contribution in [0.3, 0.4) is 0 Å². The van der Waals surface area contributed by atoms with E-state index in [1.807, 2.05) is 0 Å². The molecule has 0 aromatic heterocycles. The lowest BCUT2D eigenvalue weighted by atomic mass is 10.1. The van der Waals surface area contributed by atoms with Crippen LogP contribution < -0.4 is 0 Å². The number of hydrogen-bond acceptors (Lipinski definition) is 2. The van der Waals surface area contributed by atoms with Crippen LogP contribution in [-0.2, 0) is 11.4 Å². The molecule has 0 amide bonds. The van der Waals surface area contributed by atoms with Gasteiger partial charge >= 0.3 is 0 Å². The van der Waals surface area contributed by atoms with Crippen LogP contribution in [0.1, 0.15) is 23.1 Å². The Bertz CT molecular complexity index is 643. The minimum Gasteiger partial charge on any atom is -0.391 e. The van der Waals surface area contributed by atoms with E-state index >= 15 is 0 Å². The first kappa shape index (κ1) is 15.0. The molecule has 0 spiro atoms. The van der Waals surface area contributed by atoms with Crippen LogP contribution in [0.5, 0.6) is 0 Å². The second-order valence-electron chi connectivity index (χ2n) is 4.23. The van der Waals surface area contributed by atoms with E-state index in [4.69, 9.17) is 4.84 Å². The van der Waals surface area contributed by atoms with Crippen molar-refractivity contribution in [1.82, 2.24) is 0 Å². The third kappa shape index (κ3) is 4.30. The van der Waals surface area contributed by atoms with Gasteiger partial charge in [0.1, 0.15) is 6.61 Å². The number of alkyl halides is 2. The summed E-state index contributed by atoms with van der Waals surface area (Å²) in [6.45, 7) is -0.0533. The van der Waals surface area contributed by atoms with Crippen LogP contribution in [0.15, 0.2) is 47.6 Å². The molecule has 0 radical (unpaired) electrons. The van der Waals surface area contributed by atoms with Gasteiger partial charge in [-0.15, -0.1) is 0 Å². The van der Waals surface area contributed by atoms with Gasteiger partial charge in [-0.3, -0.25) is 0 Å². The normalized spacial score (nSPS) is 11.3. The first-order valence-electron chi connectivity index (χ1n) is 6.03. The zero-order valence-electron chi connectivity index (χ0n) is 10.8. The SMILES string of the molecule is Fc1ccc(CON=Cc2cccc(C(F)F)c2)cc1F. The molecule has 0 fully saturated rings. The molecule has 2 rings (SSSR count). The van der Waals surface area contributed by atoms with Crippen LogP contribution in [0.2, 0.25) is 0 Å². The fraction of sp³-hybridized carbons (Fsp3) is 0.133. The van der Waals surface area contributed by atoms with Gasteiger partial charge in [0, 0.05) is 5.56 Å². The Morgan fingerprint density at radius 1 is 1.05 bits per heavy atom. The molecule has 0 heterocycles. The van der Waals surface area contributed by atoms with Crippen molar-refractivity contribution in [3.05, 3.63) is 70.8 Å². The van der Waals surface area contributed by atoms with E-state index < -0.39 is 18.1 Å². The largest absolute Gasteiger partial charge is 0.391 e. The van der Waals surface area contributed by atoms with Crippen molar-refractivity contribution in [2.75, 3.05) is 0 Å². The molecule has 2 aromatic rings. The summed E-state index contributed by atoms with van der Waals surface area (Å²) in [7, 11) is 0. The van der Waals surface area contributed by atoms with Gasteiger partial charge < -0.3 is 4.84 Å². The van der Waals surface area contributed by atoms with Gasteiger partial charge in [0.25, 0.3) is 6.43 Å². The topological polar surface area (TPSA) is 21.6 Å². The van der Waals surface area contributed by atoms with E-state index in [1.165, 1.54) is 30.5 Å². The standard InChI is InChI=1S/C15H11F4NO/c16-13-5-4-11(7-14(13)17)9-21-20-8-10-2-1-3-12(6-10)15(18)19/h1-8,15H,9H2. The van der Waals surface area contributed by atoms with Crippen LogP contribution in [0.25, 0.3) is 0 Å². The van der Waals surface area contributed by atoms with E-state index in [0.29, 0.717) is 11.1 Å². The zero-order valence-corrected chi connectivity index (χ0v) is 10.8. The highest BCUT2D eigenvalue weighted by Gasteiger charge is 2.06. The Morgan fingerprint density at radius 2 is 1.86 bits per heavy atom. The maximum Gasteiger partial charge on any atom is 0.263 e. The molecule has 0 aliphatic heterocycles. The summed E-state index contributed by atoms with van der Waals surface area (Å²) < 4.78 is 50.6. The highest BCUT2D eigenvalue weighted by atomic mass is 19.3. The van der Waals surface area contributed by atoms with Crippen molar-refractivity contribution in [2.45, 2.75) is 13.0 Å². The molecule has 0 aliphatic carbocycles. The van der Waals surface area contributed by atoms with Gasteiger partial charge in [-0.2, -0.15) is 0 Å². The maximum atomic E-state index is 12.9. The summed E-state index contributed by atoms with van der Waals surface area (Å²) in [5.41, 5.74) is 0.755. The molecule has 0 atom stereocenters. The number of hydrogen-bond donors (Lipinski definition) is 0. The number of oxime groups is 1. The number of benzene rings is 2. The summed E-state index contributed by atoms with van der Waals surface area (Å²) in [5, 5.41) is 3.60. The summed E-state index contributed by atoms with van der Waals surface area (Å²) in [6, 6.07) is 9.03. The minimum atomic E-state index is -2.55. The first-order valence-corrected chi connectivity index (χ1v) is 6.03. The van der Waals surface area contributed by atoms with Gasteiger partial charge in [-0.1, -0.05) is 29.4 Å². The monoisotopic (exact) mass is 297 g/mol. The molecule has 0 unspecified atom stereocenters. The predicted octanol–water partition coefficient (Wildman–Crippen LogP) is 4.45. The summed E-state index contributed by atoms with van der Waals surface area (Å²) in [5.74, 6) is -1.91. The van der Waals surface area contributed by atoms with Gasteiger partial charge in [-0.25, -0.2) is 17.6 Å². The highest BCUT2D eigenvalue weighted by molar-refractivity contribution is 5.79. The number of rotatable bonds is 5. The number of halogens is 4. The molecule has 0 aliphatic rings. The van der Waals surface area contributed by atoms with E-state index in [1.54, 1.807) is 6.07 Å². The second kappa shape index (κ2) is 6.88. The van der Waals surface area contributed by atoms with E-state index in [9.17, 15) is 17.6 Å². The molecule has 110 valence electrons. The predicted molar refractivity (Wildman–Crippen MR) is 70.1 cm³/mol. The molecule has 0 bridgehead atoms.